The molecule has 4 nitrogen and oxygen atoms in total. The summed E-state index contributed by atoms with van der Waals surface area (Å²) in [5.74, 6) is 0.743. The summed E-state index contributed by atoms with van der Waals surface area (Å²) in [7, 11) is 0. The summed E-state index contributed by atoms with van der Waals surface area (Å²) in [5, 5.41) is 0. The van der Waals surface area contributed by atoms with Crippen molar-refractivity contribution in [3.8, 4) is 5.75 Å². The molecule has 0 aliphatic rings. The van der Waals surface area contributed by atoms with Gasteiger partial charge < -0.3 is 15.2 Å². The molecular weight excluding hydrogens is 254 g/mol. The lowest BCUT2D eigenvalue weighted by Gasteiger charge is -2.12. The van der Waals surface area contributed by atoms with E-state index in [4.69, 9.17) is 15.2 Å². The van der Waals surface area contributed by atoms with Gasteiger partial charge in [-0.3, -0.25) is 4.79 Å². The molecule has 1 aromatic carbocycles. The summed E-state index contributed by atoms with van der Waals surface area (Å²) in [6.07, 6.45) is 3.09. The fourth-order valence-electron chi connectivity index (χ4n) is 2.01. The molecule has 2 N–H and O–H groups in total. The van der Waals surface area contributed by atoms with Crippen molar-refractivity contribution in [1.82, 2.24) is 0 Å². The molecule has 0 aliphatic carbocycles. The molecule has 0 aromatic heterocycles. The topological polar surface area (TPSA) is 61.5 Å². The van der Waals surface area contributed by atoms with Crippen molar-refractivity contribution in [3.63, 3.8) is 0 Å². The molecule has 0 heterocycles. The normalized spacial score (nSPS) is 11.9. The monoisotopic (exact) mass is 279 g/mol. The molecule has 1 rings (SSSR count). The first-order valence-electron chi connectivity index (χ1n) is 7.31. The van der Waals surface area contributed by atoms with E-state index in [0.29, 0.717) is 19.6 Å². The van der Waals surface area contributed by atoms with Gasteiger partial charge in [0.2, 0.25) is 0 Å². The van der Waals surface area contributed by atoms with Crippen molar-refractivity contribution in [2.75, 3.05) is 13.2 Å². The lowest BCUT2D eigenvalue weighted by molar-refractivity contribution is -0.143. The van der Waals surface area contributed by atoms with Crippen LogP contribution in [0.4, 0.5) is 0 Å². The van der Waals surface area contributed by atoms with Gasteiger partial charge in [0.05, 0.1) is 13.2 Å². The quantitative estimate of drug-likeness (QED) is 0.557. The summed E-state index contributed by atoms with van der Waals surface area (Å²) in [6.45, 7) is 4.90. The molecule has 20 heavy (non-hydrogen) atoms. The van der Waals surface area contributed by atoms with Gasteiger partial charge in [-0.05, 0) is 44.4 Å². The third-order valence-electron chi connectivity index (χ3n) is 3.07. The molecular formula is C16H25NO3. The summed E-state index contributed by atoms with van der Waals surface area (Å²) in [6, 6.07) is 7.89. The maximum absolute atomic E-state index is 11.2. The second-order valence-corrected chi connectivity index (χ2v) is 4.66. The summed E-state index contributed by atoms with van der Waals surface area (Å²) in [5.41, 5.74) is 7.24. The number of rotatable bonds is 9. The molecule has 0 saturated carbocycles. The first kappa shape index (κ1) is 16.5. The van der Waals surface area contributed by atoms with Crippen molar-refractivity contribution >= 4 is 5.97 Å². The number of carbonyl (C=O) groups is 1. The van der Waals surface area contributed by atoms with Crippen LogP contribution in [0.15, 0.2) is 24.3 Å². The standard InChI is InChI=1S/C16H25NO3/c1-3-19-14-11-9-13(10-12-14)15(17)7-5-6-8-16(18)20-4-2/h9-12,15H,3-8,17H2,1-2H3. The molecule has 0 fully saturated rings. The van der Waals surface area contributed by atoms with Crippen LogP contribution in [0.2, 0.25) is 0 Å². The van der Waals surface area contributed by atoms with Crippen LogP contribution in [0.3, 0.4) is 0 Å². The summed E-state index contributed by atoms with van der Waals surface area (Å²) < 4.78 is 10.3. The van der Waals surface area contributed by atoms with Crippen LogP contribution < -0.4 is 10.5 Å². The minimum atomic E-state index is -0.123. The van der Waals surface area contributed by atoms with Gasteiger partial charge in [-0.1, -0.05) is 18.6 Å². The molecule has 0 saturated heterocycles. The number of hydrogen-bond donors (Lipinski definition) is 1. The van der Waals surface area contributed by atoms with Crippen molar-refractivity contribution in [1.29, 1.82) is 0 Å². The first-order valence-corrected chi connectivity index (χ1v) is 7.31. The molecule has 1 aromatic rings. The highest BCUT2D eigenvalue weighted by molar-refractivity contribution is 5.69. The van der Waals surface area contributed by atoms with Gasteiger partial charge in [0.1, 0.15) is 5.75 Å². The molecule has 112 valence electrons. The van der Waals surface area contributed by atoms with Gasteiger partial charge in [0, 0.05) is 12.5 Å². The number of unbranched alkanes of at least 4 members (excludes halogenated alkanes) is 1. The predicted molar refractivity (Wildman–Crippen MR) is 79.6 cm³/mol. The molecule has 0 amide bonds. The minimum Gasteiger partial charge on any atom is -0.494 e. The van der Waals surface area contributed by atoms with Crippen LogP contribution in [0.25, 0.3) is 0 Å². The van der Waals surface area contributed by atoms with Crippen LogP contribution >= 0.6 is 0 Å². The minimum absolute atomic E-state index is 0.00729. The lowest BCUT2D eigenvalue weighted by Crippen LogP contribution is -2.10. The molecule has 0 spiro atoms. The van der Waals surface area contributed by atoms with Gasteiger partial charge in [-0.2, -0.15) is 0 Å². The van der Waals surface area contributed by atoms with E-state index in [1.165, 1.54) is 0 Å². The second-order valence-electron chi connectivity index (χ2n) is 4.66. The van der Waals surface area contributed by atoms with Gasteiger partial charge >= 0.3 is 5.97 Å². The lowest BCUT2D eigenvalue weighted by atomic mass is 10.0. The van der Waals surface area contributed by atoms with Gasteiger partial charge in [0.25, 0.3) is 0 Å². The van der Waals surface area contributed by atoms with Crippen LogP contribution in [0.1, 0.15) is 51.1 Å². The summed E-state index contributed by atoms with van der Waals surface area (Å²) >= 11 is 0. The van der Waals surface area contributed by atoms with Crippen molar-refractivity contribution in [2.45, 2.75) is 45.6 Å². The number of hydrogen-bond acceptors (Lipinski definition) is 4. The molecule has 0 radical (unpaired) electrons. The Hall–Kier alpha value is -1.55. The maximum atomic E-state index is 11.2. The Labute approximate surface area is 121 Å². The maximum Gasteiger partial charge on any atom is 0.305 e. The Morgan fingerprint density at radius 1 is 1.15 bits per heavy atom. The molecule has 0 bridgehead atoms. The number of nitrogens with two attached hydrogens (primary N) is 1. The number of benzene rings is 1. The van der Waals surface area contributed by atoms with Crippen molar-refractivity contribution in [2.24, 2.45) is 5.73 Å². The number of esters is 1. The zero-order valence-corrected chi connectivity index (χ0v) is 12.4. The van der Waals surface area contributed by atoms with Gasteiger partial charge in [-0.25, -0.2) is 0 Å². The predicted octanol–water partition coefficient (Wildman–Crippen LogP) is 3.21. The van der Waals surface area contributed by atoms with E-state index in [2.05, 4.69) is 0 Å². The van der Waals surface area contributed by atoms with E-state index in [-0.39, 0.29) is 12.0 Å². The average molecular weight is 279 g/mol. The first-order chi connectivity index (χ1) is 9.67. The van der Waals surface area contributed by atoms with Gasteiger partial charge in [-0.15, -0.1) is 0 Å². The zero-order valence-electron chi connectivity index (χ0n) is 12.4. The van der Waals surface area contributed by atoms with Crippen LogP contribution in [0.5, 0.6) is 5.75 Å². The highest BCUT2D eigenvalue weighted by Gasteiger charge is 2.07. The van der Waals surface area contributed by atoms with E-state index >= 15 is 0 Å². The second kappa shape index (κ2) is 9.37. The molecule has 1 atom stereocenters. The third-order valence-corrected chi connectivity index (χ3v) is 3.07. The Balaban J connectivity index is 2.28. The van der Waals surface area contributed by atoms with Gasteiger partial charge in [0.15, 0.2) is 0 Å². The van der Waals surface area contributed by atoms with Crippen LogP contribution in [-0.4, -0.2) is 19.2 Å². The Kier molecular flexibility index (Phi) is 7.73. The fraction of sp³-hybridized carbons (Fsp3) is 0.562. The van der Waals surface area contributed by atoms with Crippen molar-refractivity contribution in [3.05, 3.63) is 29.8 Å². The largest absolute Gasteiger partial charge is 0.494 e. The summed E-state index contributed by atoms with van der Waals surface area (Å²) in [4.78, 5) is 11.2. The van der Waals surface area contributed by atoms with E-state index in [0.717, 1.165) is 30.6 Å². The van der Waals surface area contributed by atoms with E-state index < -0.39 is 0 Å². The number of carbonyl (C=O) groups excluding carboxylic acids is 1. The fourth-order valence-corrected chi connectivity index (χ4v) is 2.01. The Morgan fingerprint density at radius 3 is 2.45 bits per heavy atom. The highest BCUT2D eigenvalue weighted by atomic mass is 16.5. The highest BCUT2D eigenvalue weighted by Crippen LogP contribution is 2.20. The van der Waals surface area contributed by atoms with Crippen LogP contribution in [-0.2, 0) is 9.53 Å². The zero-order chi connectivity index (χ0) is 14.8. The molecule has 4 heteroatoms. The van der Waals surface area contributed by atoms with E-state index in [1.54, 1.807) is 0 Å². The Bertz CT molecular complexity index is 389. The Morgan fingerprint density at radius 2 is 1.85 bits per heavy atom. The molecule has 0 aliphatic heterocycles. The van der Waals surface area contributed by atoms with Crippen LogP contribution in [0, 0.1) is 0 Å². The SMILES string of the molecule is CCOC(=O)CCCCC(N)c1ccc(OCC)cc1. The number of ether oxygens (including phenoxy) is 2. The smallest absolute Gasteiger partial charge is 0.305 e. The third kappa shape index (κ3) is 6.06. The average Bonchev–Trinajstić information content (AvgIpc) is 2.45. The van der Waals surface area contributed by atoms with E-state index in [9.17, 15) is 4.79 Å². The molecule has 1 unspecified atom stereocenters. The van der Waals surface area contributed by atoms with E-state index in [1.807, 2.05) is 38.1 Å². The van der Waals surface area contributed by atoms with Crippen molar-refractivity contribution < 1.29 is 14.3 Å².